The molecule has 0 N–H and O–H groups in total. The predicted octanol–water partition coefficient (Wildman–Crippen LogP) is 2.42. The van der Waals surface area contributed by atoms with Crippen molar-refractivity contribution in [2.75, 3.05) is 0 Å². The molecule has 0 saturated heterocycles. The molecule has 2 radical (unpaired) electrons. The second-order valence-electron chi connectivity index (χ2n) is 1.71. The minimum atomic E-state index is -0.287. The topological polar surface area (TPSA) is 17.1 Å². The van der Waals surface area contributed by atoms with Crippen molar-refractivity contribution < 1.29 is 4.79 Å². The van der Waals surface area contributed by atoms with E-state index in [4.69, 9.17) is 34.8 Å². The first-order valence-corrected chi connectivity index (χ1v) is 5.36. The van der Waals surface area contributed by atoms with Crippen LogP contribution in [-0.2, 0) is 4.79 Å². The Morgan fingerprint density at radius 2 is 2.10 bits per heavy atom. The molecule has 0 unspecified atom stereocenters. The Morgan fingerprint density at radius 3 is 2.50 bits per heavy atom. The lowest BCUT2D eigenvalue weighted by atomic mass is 10.4. The van der Waals surface area contributed by atoms with Gasteiger partial charge in [0.2, 0.25) is 5.24 Å². The maximum absolute atomic E-state index is 10.2. The van der Waals surface area contributed by atoms with Crippen LogP contribution in [0.3, 0.4) is 0 Å². The number of halogens is 3. The molecule has 0 bridgehead atoms. The fourth-order valence-electron chi connectivity index (χ4n) is 0.439. The van der Waals surface area contributed by atoms with Gasteiger partial charge in [0.25, 0.3) is 0 Å². The van der Waals surface area contributed by atoms with Crippen LogP contribution in [0.25, 0.3) is 0 Å². The summed E-state index contributed by atoms with van der Waals surface area (Å²) >= 11 is 16.0. The van der Waals surface area contributed by atoms with Crippen LogP contribution in [0.5, 0.6) is 0 Å². The van der Waals surface area contributed by atoms with Crippen molar-refractivity contribution in [3.8, 4) is 0 Å². The van der Waals surface area contributed by atoms with Crippen molar-refractivity contribution >= 4 is 49.6 Å². The summed E-state index contributed by atoms with van der Waals surface area (Å²) in [4.78, 5) is 10.2. The highest BCUT2D eigenvalue weighted by Crippen LogP contribution is 2.05. The van der Waals surface area contributed by atoms with Gasteiger partial charge in [0.05, 0.1) is 14.0 Å². The van der Waals surface area contributed by atoms with Gasteiger partial charge in [0, 0.05) is 6.42 Å². The molecule has 10 heavy (non-hydrogen) atoms. The molecular weight excluding hydrogens is 210 g/mol. The predicted molar refractivity (Wildman–Crippen MR) is 46.1 cm³/mol. The SMILES string of the molecule is O=C(Cl)CCC[Si]C(Cl)Cl. The van der Waals surface area contributed by atoms with Crippen LogP contribution >= 0.6 is 34.8 Å². The van der Waals surface area contributed by atoms with Gasteiger partial charge in [-0.2, -0.15) is 0 Å². The number of carbonyl (C=O) groups is 1. The Morgan fingerprint density at radius 1 is 1.50 bits per heavy atom. The van der Waals surface area contributed by atoms with Crippen LogP contribution < -0.4 is 0 Å². The Bertz CT molecular complexity index is 107. The molecule has 1 nitrogen and oxygen atoms in total. The van der Waals surface area contributed by atoms with E-state index in [1.807, 2.05) is 0 Å². The zero-order chi connectivity index (χ0) is 7.98. The average molecular weight is 218 g/mol. The van der Waals surface area contributed by atoms with Gasteiger partial charge in [0.1, 0.15) is 0 Å². The van der Waals surface area contributed by atoms with E-state index < -0.39 is 0 Å². The molecule has 0 rings (SSSR count). The van der Waals surface area contributed by atoms with Crippen molar-refractivity contribution in [1.29, 1.82) is 0 Å². The normalized spacial score (nSPS) is 10.4. The van der Waals surface area contributed by atoms with Gasteiger partial charge in [-0.05, 0) is 18.0 Å². The van der Waals surface area contributed by atoms with Crippen LogP contribution in [0.2, 0.25) is 6.04 Å². The molecule has 0 heterocycles. The molecule has 5 heteroatoms. The number of alkyl halides is 2. The average Bonchev–Trinajstić information content (AvgIpc) is 1.79. The lowest BCUT2D eigenvalue weighted by molar-refractivity contribution is -0.111. The zero-order valence-corrected chi connectivity index (χ0v) is 8.51. The first-order chi connectivity index (χ1) is 4.63. The largest absolute Gasteiger partial charge is 0.281 e. The minimum absolute atomic E-state index is 0.287. The zero-order valence-electron chi connectivity index (χ0n) is 5.24. The molecule has 0 atom stereocenters. The van der Waals surface area contributed by atoms with Crippen LogP contribution in [0, 0.1) is 0 Å². The molecule has 0 saturated carbocycles. The third kappa shape index (κ3) is 8.76. The molecule has 0 fully saturated rings. The van der Waals surface area contributed by atoms with E-state index in [-0.39, 0.29) is 9.70 Å². The van der Waals surface area contributed by atoms with E-state index in [0.717, 1.165) is 12.5 Å². The van der Waals surface area contributed by atoms with Crippen LogP contribution in [-0.4, -0.2) is 19.2 Å². The summed E-state index contributed by atoms with van der Waals surface area (Å²) in [5, 5.41) is -0.287. The molecular formula is C5H7Cl3OSi. The van der Waals surface area contributed by atoms with Crippen LogP contribution in [0.15, 0.2) is 0 Å². The number of rotatable bonds is 5. The van der Waals surface area contributed by atoms with Crippen LogP contribution in [0.4, 0.5) is 0 Å². The highest BCUT2D eigenvalue weighted by molar-refractivity contribution is 6.68. The van der Waals surface area contributed by atoms with Crippen molar-refractivity contribution in [2.24, 2.45) is 0 Å². The summed E-state index contributed by atoms with van der Waals surface area (Å²) in [6.07, 6.45) is 1.21. The standard InChI is InChI=1S/C5H7Cl3OSi/c6-4(9)2-1-3-10-5(7)8/h5H,1-3H2. The smallest absolute Gasteiger partial charge is 0.221 e. The number of carbonyl (C=O) groups excluding carboxylic acids is 1. The van der Waals surface area contributed by atoms with Crippen molar-refractivity contribution in [3.05, 3.63) is 0 Å². The Labute approximate surface area is 77.8 Å². The summed E-state index contributed by atoms with van der Waals surface area (Å²) in [7, 11) is 0.508. The summed E-state index contributed by atoms with van der Waals surface area (Å²) in [6.45, 7) is 0. The molecule has 0 amide bonds. The summed E-state index contributed by atoms with van der Waals surface area (Å²) in [5.74, 6) is 0. The van der Waals surface area contributed by atoms with Crippen molar-refractivity contribution in [1.82, 2.24) is 0 Å². The van der Waals surface area contributed by atoms with Gasteiger partial charge in [0.15, 0.2) is 0 Å². The first-order valence-electron chi connectivity index (χ1n) is 2.83. The molecule has 58 valence electrons. The molecule has 0 aliphatic rings. The van der Waals surface area contributed by atoms with E-state index in [9.17, 15) is 4.79 Å². The van der Waals surface area contributed by atoms with E-state index in [1.165, 1.54) is 0 Å². The van der Waals surface area contributed by atoms with Crippen molar-refractivity contribution in [2.45, 2.75) is 23.3 Å². The van der Waals surface area contributed by atoms with Gasteiger partial charge in [-0.3, -0.25) is 4.79 Å². The lowest BCUT2D eigenvalue weighted by Crippen LogP contribution is -2.00. The minimum Gasteiger partial charge on any atom is -0.281 e. The molecule has 0 aromatic rings. The van der Waals surface area contributed by atoms with Gasteiger partial charge in [-0.25, -0.2) is 0 Å². The van der Waals surface area contributed by atoms with Gasteiger partial charge in [-0.15, -0.1) is 23.2 Å². The molecule has 0 spiro atoms. The monoisotopic (exact) mass is 216 g/mol. The van der Waals surface area contributed by atoms with E-state index >= 15 is 0 Å². The maximum atomic E-state index is 10.2. The summed E-state index contributed by atoms with van der Waals surface area (Å²) in [6, 6.07) is 0.885. The van der Waals surface area contributed by atoms with E-state index in [1.54, 1.807) is 0 Å². The molecule has 0 aliphatic heterocycles. The fourth-order valence-corrected chi connectivity index (χ4v) is 1.83. The Hall–Kier alpha value is 0.757. The quantitative estimate of drug-likeness (QED) is 0.299. The summed E-state index contributed by atoms with van der Waals surface area (Å²) in [5.41, 5.74) is 0. The maximum Gasteiger partial charge on any atom is 0.221 e. The van der Waals surface area contributed by atoms with Crippen LogP contribution in [0.1, 0.15) is 12.8 Å². The van der Waals surface area contributed by atoms with Gasteiger partial charge >= 0.3 is 0 Å². The Kier molecular flexibility index (Phi) is 6.96. The molecule has 0 aliphatic carbocycles. The van der Waals surface area contributed by atoms with E-state index in [2.05, 4.69) is 0 Å². The number of hydrogen-bond donors (Lipinski definition) is 0. The third-order valence-electron chi connectivity index (χ3n) is 0.849. The first kappa shape index (κ1) is 10.8. The second kappa shape index (κ2) is 6.47. The third-order valence-corrected chi connectivity index (χ3v) is 2.91. The number of hydrogen-bond acceptors (Lipinski definition) is 1. The highest BCUT2D eigenvalue weighted by atomic mass is 35.5. The molecule has 0 aromatic carbocycles. The van der Waals surface area contributed by atoms with E-state index in [0.29, 0.717) is 15.9 Å². The fraction of sp³-hybridized carbons (Fsp3) is 0.800. The van der Waals surface area contributed by atoms with Gasteiger partial charge in [-0.1, -0.05) is 6.04 Å². The Balaban J connectivity index is 2.98. The molecule has 0 aromatic heterocycles. The second-order valence-corrected chi connectivity index (χ2v) is 5.45. The lowest BCUT2D eigenvalue weighted by Gasteiger charge is -1.96. The van der Waals surface area contributed by atoms with Gasteiger partial charge < -0.3 is 0 Å². The summed E-state index contributed by atoms with van der Waals surface area (Å²) < 4.78 is -0.287. The highest BCUT2D eigenvalue weighted by Gasteiger charge is 2.01. The van der Waals surface area contributed by atoms with Crippen molar-refractivity contribution in [3.63, 3.8) is 0 Å².